The van der Waals surface area contributed by atoms with Crippen molar-refractivity contribution in [3.05, 3.63) is 41.2 Å². The number of aromatic amines is 1. The van der Waals surface area contributed by atoms with E-state index in [0.717, 1.165) is 53.6 Å². The molecule has 1 saturated heterocycles. The Morgan fingerprint density at radius 1 is 1.30 bits per heavy atom. The number of rotatable bonds is 5. The summed E-state index contributed by atoms with van der Waals surface area (Å²) in [6.45, 7) is 8.37. The van der Waals surface area contributed by atoms with Crippen LogP contribution >= 0.6 is 11.3 Å². The van der Waals surface area contributed by atoms with Crippen LogP contribution in [-0.2, 0) is 10.2 Å². The molecule has 1 saturated carbocycles. The molecule has 2 fully saturated rings. The molecule has 3 atom stereocenters. The number of fused-ring (bicyclic) bond motifs is 1. The summed E-state index contributed by atoms with van der Waals surface area (Å²) in [5.41, 5.74) is 3.29. The number of thiazole rings is 1. The van der Waals surface area contributed by atoms with Crippen LogP contribution in [0.4, 0.5) is 5.13 Å². The minimum Gasteiger partial charge on any atom is -0.352 e. The van der Waals surface area contributed by atoms with E-state index in [2.05, 4.69) is 47.4 Å². The lowest BCUT2D eigenvalue weighted by Crippen LogP contribution is -2.37. The number of para-hydroxylation sites is 2. The third-order valence-corrected chi connectivity index (χ3v) is 7.11. The Labute approximate surface area is 181 Å². The molecule has 6 nitrogen and oxygen atoms in total. The largest absolute Gasteiger partial charge is 0.352 e. The van der Waals surface area contributed by atoms with Crippen molar-refractivity contribution in [2.75, 3.05) is 18.0 Å². The number of carbonyl (C=O) groups excluding carboxylic acids is 1. The van der Waals surface area contributed by atoms with E-state index in [1.165, 1.54) is 0 Å². The maximum absolute atomic E-state index is 12.6. The van der Waals surface area contributed by atoms with E-state index in [1.807, 2.05) is 18.2 Å². The van der Waals surface area contributed by atoms with Gasteiger partial charge in [0.05, 0.1) is 16.7 Å². The van der Waals surface area contributed by atoms with Crippen molar-refractivity contribution < 1.29 is 4.79 Å². The first-order chi connectivity index (χ1) is 14.4. The number of hydrogen-bond acceptors (Lipinski definition) is 5. The zero-order valence-corrected chi connectivity index (χ0v) is 18.6. The summed E-state index contributed by atoms with van der Waals surface area (Å²) in [6, 6.07) is 8.31. The molecule has 7 heteroatoms. The Kier molecular flexibility index (Phi) is 4.81. The van der Waals surface area contributed by atoms with Crippen molar-refractivity contribution in [3.8, 4) is 0 Å². The topological polar surface area (TPSA) is 73.9 Å². The van der Waals surface area contributed by atoms with Crippen molar-refractivity contribution >= 4 is 33.4 Å². The minimum atomic E-state index is 0.0722. The zero-order chi connectivity index (χ0) is 20.9. The van der Waals surface area contributed by atoms with Gasteiger partial charge in [-0.1, -0.05) is 32.9 Å². The van der Waals surface area contributed by atoms with Gasteiger partial charge in [-0.2, -0.15) is 0 Å². The van der Waals surface area contributed by atoms with Gasteiger partial charge < -0.3 is 15.2 Å². The zero-order valence-electron chi connectivity index (χ0n) is 17.8. The van der Waals surface area contributed by atoms with Crippen molar-refractivity contribution in [3.63, 3.8) is 0 Å². The van der Waals surface area contributed by atoms with Crippen molar-refractivity contribution in [1.29, 1.82) is 0 Å². The summed E-state index contributed by atoms with van der Waals surface area (Å²) < 4.78 is 0. The number of H-pyrrole nitrogens is 1. The van der Waals surface area contributed by atoms with Crippen LogP contribution in [0, 0.1) is 5.92 Å². The van der Waals surface area contributed by atoms with E-state index >= 15 is 0 Å². The number of hydrogen-bond donors (Lipinski definition) is 2. The standard InChI is InChI=1S/C23H29N5OS/c1-23(2,3)19-13-30-22(27-19)28-9-8-15(12-28)24-20(29)11-14-10-16(14)21-25-17-6-4-5-7-18(17)26-21/h4-7,13-16H,8-12H2,1-3H3,(H,24,29)(H,25,26)/t14-,15+,16-/m0/s1. The lowest BCUT2D eigenvalue weighted by atomic mass is 9.93. The highest BCUT2D eigenvalue weighted by molar-refractivity contribution is 7.13. The van der Waals surface area contributed by atoms with E-state index in [-0.39, 0.29) is 17.4 Å². The average molecular weight is 424 g/mol. The molecule has 5 rings (SSSR count). The molecule has 1 aliphatic heterocycles. The molecule has 3 aromatic rings. The van der Waals surface area contributed by atoms with E-state index in [1.54, 1.807) is 11.3 Å². The Morgan fingerprint density at radius 3 is 2.90 bits per heavy atom. The fourth-order valence-electron chi connectivity index (χ4n) is 4.29. The number of nitrogens with one attached hydrogen (secondary N) is 2. The SMILES string of the molecule is CC(C)(C)c1csc(N2CC[C@@H](NC(=O)C[C@@H]3C[C@@H]3c3nc4ccccc4[nH]3)C2)n1. The molecule has 0 spiro atoms. The lowest BCUT2D eigenvalue weighted by Gasteiger charge is -2.17. The first-order valence-electron chi connectivity index (χ1n) is 10.8. The highest BCUT2D eigenvalue weighted by Crippen LogP contribution is 2.48. The van der Waals surface area contributed by atoms with Gasteiger partial charge >= 0.3 is 0 Å². The van der Waals surface area contributed by atoms with E-state index in [0.29, 0.717) is 18.3 Å². The molecule has 30 heavy (non-hydrogen) atoms. The Balaban J connectivity index is 1.12. The fraction of sp³-hybridized carbons (Fsp3) is 0.522. The van der Waals surface area contributed by atoms with Crippen LogP contribution in [-0.4, -0.2) is 40.0 Å². The van der Waals surface area contributed by atoms with Crippen LogP contribution in [0.15, 0.2) is 29.6 Å². The summed E-state index contributed by atoms with van der Waals surface area (Å²) in [4.78, 5) is 27.8. The van der Waals surface area contributed by atoms with Gasteiger partial charge in [-0.05, 0) is 30.9 Å². The van der Waals surface area contributed by atoms with Crippen LogP contribution in [0.5, 0.6) is 0 Å². The van der Waals surface area contributed by atoms with Gasteiger partial charge in [0.15, 0.2) is 5.13 Å². The summed E-state index contributed by atoms with van der Waals surface area (Å²) in [5.74, 6) is 1.98. The number of aromatic nitrogens is 3. The lowest BCUT2D eigenvalue weighted by molar-refractivity contribution is -0.122. The quantitative estimate of drug-likeness (QED) is 0.645. The number of anilines is 1. The molecular weight excluding hydrogens is 394 g/mol. The molecule has 0 radical (unpaired) electrons. The number of imidazole rings is 1. The highest BCUT2D eigenvalue weighted by Gasteiger charge is 2.42. The average Bonchev–Trinajstić information content (AvgIpc) is 3.13. The van der Waals surface area contributed by atoms with Gasteiger partial charge in [-0.15, -0.1) is 11.3 Å². The van der Waals surface area contributed by atoms with Crippen LogP contribution < -0.4 is 10.2 Å². The number of nitrogens with zero attached hydrogens (tertiary/aromatic N) is 3. The van der Waals surface area contributed by atoms with Gasteiger partial charge in [0.25, 0.3) is 0 Å². The predicted octanol–water partition coefficient (Wildman–Crippen LogP) is 4.21. The maximum atomic E-state index is 12.6. The van der Waals surface area contributed by atoms with Crippen molar-refractivity contribution in [2.24, 2.45) is 5.92 Å². The molecule has 2 aromatic heterocycles. The van der Waals surface area contributed by atoms with Gasteiger partial charge in [0, 0.05) is 42.3 Å². The highest BCUT2D eigenvalue weighted by atomic mass is 32.1. The molecule has 0 bridgehead atoms. The normalized spacial score (nSPS) is 23.8. The third kappa shape index (κ3) is 3.95. The van der Waals surface area contributed by atoms with Gasteiger partial charge in [-0.25, -0.2) is 9.97 Å². The van der Waals surface area contributed by atoms with Crippen molar-refractivity contribution in [1.82, 2.24) is 20.3 Å². The summed E-state index contributed by atoms with van der Waals surface area (Å²) >= 11 is 1.71. The molecular formula is C23H29N5OS. The second-order valence-corrected chi connectivity index (χ2v) is 10.5. The molecule has 1 aromatic carbocycles. The first-order valence-corrected chi connectivity index (χ1v) is 11.7. The molecule has 0 unspecified atom stereocenters. The number of benzene rings is 1. The Bertz CT molecular complexity index is 1030. The van der Waals surface area contributed by atoms with Gasteiger partial charge in [0.2, 0.25) is 5.91 Å². The maximum Gasteiger partial charge on any atom is 0.220 e. The minimum absolute atomic E-state index is 0.0722. The summed E-state index contributed by atoms with van der Waals surface area (Å²) in [5, 5.41) is 6.48. The molecule has 1 aliphatic carbocycles. The van der Waals surface area contributed by atoms with Crippen LogP contribution in [0.1, 0.15) is 57.5 Å². The molecule has 158 valence electrons. The van der Waals surface area contributed by atoms with Crippen LogP contribution in [0.25, 0.3) is 11.0 Å². The second kappa shape index (κ2) is 7.38. The Morgan fingerprint density at radius 2 is 2.13 bits per heavy atom. The van der Waals surface area contributed by atoms with E-state index in [9.17, 15) is 4.79 Å². The molecule has 2 N–H and O–H groups in total. The van der Waals surface area contributed by atoms with E-state index in [4.69, 9.17) is 9.97 Å². The van der Waals surface area contributed by atoms with Crippen molar-refractivity contribution in [2.45, 2.75) is 57.4 Å². The second-order valence-electron chi connectivity index (χ2n) is 9.71. The third-order valence-electron chi connectivity index (χ3n) is 6.21. The predicted molar refractivity (Wildman–Crippen MR) is 121 cm³/mol. The van der Waals surface area contributed by atoms with Gasteiger partial charge in [-0.3, -0.25) is 4.79 Å². The number of carbonyl (C=O) groups is 1. The smallest absolute Gasteiger partial charge is 0.220 e. The van der Waals surface area contributed by atoms with Crippen LogP contribution in [0.2, 0.25) is 0 Å². The Hall–Kier alpha value is -2.41. The summed E-state index contributed by atoms with van der Waals surface area (Å²) in [7, 11) is 0. The number of amides is 1. The fourth-order valence-corrected chi connectivity index (χ4v) is 5.38. The van der Waals surface area contributed by atoms with Crippen LogP contribution in [0.3, 0.4) is 0 Å². The monoisotopic (exact) mass is 423 g/mol. The first kappa shape index (κ1) is 19.5. The molecule has 3 heterocycles. The summed E-state index contributed by atoms with van der Waals surface area (Å²) in [6.07, 6.45) is 2.61. The molecule has 2 aliphatic rings. The van der Waals surface area contributed by atoms with E-state index < -0.39 is 0 Å². The molecule has 1 amide bonds. The van der Waals surface area contributed by atoms with Gasteiger partial charge in [0.1, 0.15) is 5.82 Å².